The highest BCUT2D eigenvalue weighted by molar-refractivity contribution is 7.99. The molecule has 2 heterocycles. The van der Waals surface area contributed by atoms with Crippen molar-refractivity contribution < 1.29 is 13.9 Å². The maximum absolute atomic E-state index is 11.7. The van der Waals surface area contributed by atoms with Crippen molar-refractivity contribution in [3.8, 4) is 5.75 Å². The standard InChI is InChI=1S/C13H12N6O3S/c20-11(18-19-8-14-15-9-19)7-23-13-17-16-12(22-13)6-21-10-4-2-1-3-5-10/h1-5,8-9H,6-7H2,(H,18,20). The molecule has 0 radical (unpaired) electrons. The summed E-state index contributed by atoms with van der Waals surface area (Å²) in [6.07, 6.45) is 2.77. The third-order valence-corrected chi connectivity index (χ3v) is 3.37. The summed E-state index contributed by atoms with van der Waals surface area (Å²) in [7, 11) is 0. The number of aromatic nitrogens is 5. The molecule has 3 aromatic rings. The molecule has 2 aromatic heterocycles. The number of nitrogens with one attached hydrogen (secondary N) is 1. The maximum atomic E-state index is 11.7. The Kier molecular flexibility index (Phi) is 4.84. The number of carbonyl (C=O) groups is 1. The summed E-state index contributed by atoms with van der Waals surface area (Å²) in [5, 5.41) is 15.2. The molecule has 1 N–H and O–H groups in total. The topological polar surface area (TPSA) is 108 Å². The van der Waals surface area contributed by atoms with Crippen LogP contribution in [0.4, 0.5) is 0 Å². The van der Waals surface area contributed by atoms with Gasteiger partial charge < -0.3 is 9.15 Å². The zero-order chi connectivity index (χ0) is 15.9. The van der Waals surface area contributed by atoms with E-state index in [1.807, 2.05) is 30.3 Å². The predicted octanol–water partition coefficient (Wildman–Crippen LogP) is 1.10. The first-order chi connectivity index (χ1) is 11.3. The number of benzene rings is 1. The number of ether oxygens (including phenoxy) is 1. The number of amides is 1. The maximum Gasteiger partial charge on any atom is 0.277 e. The molecule has 1 aromatic carbocycles. The summed E-state index contributed by atoms with van der Waals surface area (Å²) >= 11 is 1.13. The minimum Gasteiger partial charge on any atom is -0.484 e. The lowest BCUT2D eigenvalue weighted by Crippen LogP contribution is -2.23. The Morgan fingerprint density at radius 3 is 2.78 bits per heavy atom. The monoisotopic (exact) mass is 332 g/mol. The molecule has 0 saturated carbocycles. The molecule has 118 valence electrons. The van der Waals surface area contributed by atoms with Crippen LogP contribution in [-0.4, -0.2) is 36.7 Å². The Morgan fingerprint density at radius 2 is 2.00 bits per heavy atom. The normalized spacial score (nSPS) is 10.4. The molecular formula is C13H12N6O3S. The Hall–Kier alpha value is -2.88. The highest BCUT2D eigenvalue weighted by atomic mass is 32.2. The van der Waals surface area contributed by atoms with Crippen LogP contribution in [0.1, 0.15) is 5.89 Å². The van der Waals surface area contributed by atoms with Crippen LogP contribution in [0.25, 0.3) is 0 Å². The average molecular weight is 332 g/mol. The first kappa shape index (κ1) is 15.0. The first-order valence-corrected chi connectivity index (χ1v) is 7.55. The largest absolute Gasteiger partial charge is 0.484 e. The van der Waals surface area contributed by atoms with Crippen molar-refractivity contribution in [3.05, 3.63) is 48.9 Å². The van der Waals surface area contributed by atoms with Crippen molar-refractivity contribution in [1.82, 2.24) is 25.1 Å². The van der Waals surface area contributed by atoms with E-state index in [0.29, 0.717) is 16.9 Å². The fourth-order valence-electron chi connectivity index (χ4n) is 1.58. The van der Waals surface area contributed by atoms with Gasteiger partial charge in [0.2, 0.25) is 5.91 Å². The summed E-state index contributed by atoms with van der Waals surface area (Å²) in [6.45, 7) is 0.171. The van der Waals surface area contributed by atoms with E-state index in [0.717, 1.165) is 11.8 Å². The Bertz CT molecular complexity index is 746. The molecule has 0 aliphatic carbocycles. The van der Waals surface area contributed by atoms with Gasteiger partial charge in [-0.25, -0.2) is 4.68 Å². The summed E-state index contributed by atoms with van der Waals surface area (Å²) < 4.78 is 12.3. The molecule has 0 aliphatic heterocycles. The fourth-order valence-corrected chi connectivity index (χ4v) is 2.15. The Morgan fingerprint density at radius 1 is 1.22 bits per heavy atom. The van der Waals surface area contributed by atoms with E-state index in [-0.39, 0.29) is 18.3 Å². The molecule has 0 bridgehead atoms. The SMILES string of the molecule is O=C(CSc1nnc(COc2ccccc2)o1)Nn1cnnc1. The molecule has 10 heteroatoms. The second-order valence-corrected chi connectivity index (χ2v) is 5.18. The zero-order valence-corrected chi connectivity index (χ0v) is 12.6. The van der Waals surface area contributed by atoms with Crippen LogP contribution in [0.5, 0.6) is 5.75 Å². The van der Waals surface area contributed by atoms with Gasteiger partial charge in [0, 0.05) is 0 Å². The number of carbonyl (C=O) groups excluding carboxylic acids is 1. The minimum absolute atomic E-state index is 0.124. The van der Waals surface area contributed by atoms with Gasteiger partial charge in [0.15, 0.2) is 6.61 Å². The lowest BCUT2D eigenvalue weighted by atomic mass is 10.3. The van der Waals surface area contributed by atoms with Crippen molar-refractivity contribution >= 4 is 17.7 Å². The fraction of sp³-hybridized carbons (Fsp3) is 0.154. The highest BCUT2D eigenvalue weighted by Gasteiger charge is 2.10. The van der Waals surface area contributed by atoms with Crippen LogP contribution in [0, 0.1) is 0 Å². The van der Waals surface area contributed by atoms with Gasteiger partial charge in [-0.2, -0.15) is 0 Å². The van der Waals surface area contributed by atoms with Gasteiger partial charge in [-0.05, 0) is 12.1 Å². The van der Waals surface area contributed by atoms with E-state index in [4.69, 9.17) is 9.15 Å². The van der Waals surface area contributed by atoms with Crippen molar-refractivity contribution in [2.45, 2.75) is 11.8 Å². The number of hydrogen-bond donors (Lipinski definition) is 1. The van der Waals surface area contributed by atoms with Gasteiger partial charge in [-0.15, -0.1) is 20.4 Å². The lowest BCUT2D eigenvalue weighted by molar-refractivity contribution is -0.114. The van der Waals surface area contributed by atoms with Gasteiger partial charge in [0.1, 0.15) is 18.4 Å². The molecular weight excluding hydrogens is 320 g/mol. The molecule has 1 amide bonds. The summed E-state index contributed by atoms with van der Waals surface area (Å²) in [6, 6.07) is 9.32. The molecule has 23 heavy (non-hydrogen) atoms. The van der Waals surface area contributed by atoms with Crippen LogP contribution < -0.4 is 10.2 Å². The molecule has 0 fully saturated rings. The van der Waals surface area contributed by atoms with E-state index >= 15 is 0 Å². The van der Waals surface area contributed by atoms with Crippen molar-refractivity contribution in [1.29, 1.82) is 0 Å². The van der Waals surface area contributed by atoms with E-state index in [1.54, 1.807) is 0 Å². The molecule has 0 saturated heterocycles. The van der Waals surface area contributed by atoms with E-state index in [9.17, 15) is 4.79 Å². The first-order valence-electron chi connectivity index (χ1n) is 6.57. The number of thioether (sulfide) groups is 1. The highest BCUT2D eigenvalue weighted by Crippen LogP contribution is 2.17. The lowest BCUT2D eigenvalue weighted by Gasteiger charge is -2.02. The minimum atomic E-state index is -0.241. The third-order valence-electron chi connectivity index (χ3n) is 2.55. The van der Waals surface area contributed by atoms with Crippen molar-refractivity contribution in [3.63, 3.8) is 0 Å². The summed E-state index contributed by atoms with van der Waals surface area (Å²) in [4.78, 5) is 11.7. The molecule has 3 rings (SSSR count). The summed E-state index contributed by atoms with van der Waals surface area (Å²) in [5.41, 5.74) is 2.56. The van der Waals surface area contributed by atoms with Crippen molar-refractivity contribution in [2.24, 2.45) is 0 Å². The molecule has 0 spiro atoms. The molecule has 0 atom stereocenters. The predicted molar refractivity (Wildman–Crippen MR) is 80.2 cm³/mol. The second-order valence-electron chi connectivity index (χ2n) is 4.26. The number of nitrogens with zero attached hydrogens (tertiary/aromatic N) is 5. The van der Waals surface area contributed by atoms with Crippen molar-refractivity contribution in [2.75, 3.05) is 11.2 Å². The van der Waals surface area contributed by atoms with Crippen LogP contribution in [0.2, 0.25) is 0 Å². The molecule has 9 nitrogen and oxygen atoms in total. The van der Waals surface area contributed by atoms with Crippen LogP contribution in [0.3, 0.4) is 0 Å². The van der Waals surface area contributed by atoms with Gasteiger partial charge >= 0.3 is 0 Å². The van der Waals surface area contributed by atoms with E-state index < -0.39 is 0 Å². The van der Waals surface area contributed by atoms with Gasteiger partial charge in [-0.3, -0.25) is 10.2 Å². The van der Waals surface area contributed by atoms with Crippen LogP contribution in [-0.2, 0) is 11.4 Å². The number of rotatable bonds is 7. The zero-order valence-electron chi connectivity index (χ0n) is 11.8. The smallest absolute Gasteiger partial charge is 0.277 e. The van der Waals surface area contributed by atoms with Gasteiger partial charge in [0.05, 0.1) is 5.75 Å². The molecule has 0 aliphatic rings. The number of para-hydroxylation sites is 1. The third kappa shape index (κ3) is 4.54. The summed E-state index contributed by atoms with van der Waals surface area (Å²) in [5.74, 6) is 0.943. The van der Waals surface area contributed by atoms with Crippen LogP contribution in [0.15, 0.2) is 52.6 Å². The van der Waals surface area contributed by atoms with Gasteiger partial charge in [0.25, 0.3) is 11.1 Å². The number of hydrogen-bond acceptors (Lipinski definition) is 8. The molecule has 0 unspecified atom stereocenters. The van der Waals surface area contributed by atoms with Crippen LogP contribution >= 0.6 is 11.8 Å². The quantitative estimate of drug-likeness (QED) is 0.641. The van der Waals surface area contributed by atoms with Gasteiger partial charge in [-0.1, -0.05) is 30.0 Å². The Balaban J connectivity index is 1.44. The second kappa shape index (κ2) is 7.40. The van der Waals surface area contributed by atoms with E-state index in [1.165, 1.54) is 17.3 Å². The average Bonchev–Trinajstić information content (AvgIpc) is 3.24. The van der Waals surface area contributed by atoms with E-state index in [2.05, 4.69) is 25.8 Å². The Labute approximate surface area is 135 Å².